The lowest BCUT2D eigenvalue weighted by atomic mass is 9.92. The zero-order chi connectivity index (χ0) is 15.2. The molecule has 2 rings (SSSR count). The van der Waals surface area contributed by atoms with Crippen LogP contribution in [0.15, 0.2) is 23.4 Å². The molecule has 0 heterocycles. The largest absolute Gasteiger partial charge is 0.409 e. The Balaban J connectivity index is 2.43. The third kappa shape index (κ3) is 3.47. The Bertz CT molecular complexity index is 496. The smallest absolute Gasteiger partial charge is 0.172 e. The molecule has 1 aliphatic rings. The van der Waals surface area contributed by atoms with Crippen LogP contribution in [0.4, 0.5) is 5.69 Å². The molecule has 0 aliphatic heterocycles. The Labute approximate surface area is 126 Å². The minimum Gasteiger partial charge on any atom is -0.409 e. The number of aliphatic hydroxyl groups excluding tert-OH is 1. The van der Waals surface area contributed by atoms with Crippen LogP contribution in [0.3, 0.4) is 0 Å². The molecule has 116 valence electrons. The molecule has 0 aromatic heterocycles. The van der Waals surface area contributed by atoms with Crippen molar-refractivity contribution in [2.45, 2.75) is 45.1 Å². The number of aryl methyl sites for hydroxylation is 1. The van der Waals surface area contributed by atoms with Gasteiger partial charge in [0.1, 0.15) is 0 Å². The van der Waals surface area contributed by atoms with Gasteiger partial charge >= 0.3 is 0 Å². The third-order valence-corrected chi connectivity index (χ3v) is 4.27. The van der Waals surface area contributed by atoms with Gasteiger partial charge in [-0.05, 0) is 31.4 Å². The number of benzene rings is 1. The molecule has 21 heavy (non-hydrogen) atoms. The van der Waals surface area contributed by atoms with E-state index in [1.54, 1.807) is 0 Å². The summed E-state index contributed by atoms with van der Waals surface area (Å²) >= 11 is 0. The van der Waals surface area contributed by atoms with Gasteiger partial charge in [0.2, 0.25) is 0 Å². The van der Waals surface area contributed by atoms with Gasteiger partial charge in [0, 0.05) is 18.2 Å². The molecule has 0 saturated heterocycles. The van der Waals surface area contributed by atoms with Gasteiger partial charge in [-0.25, -0.2) is 0 Å². The second-order valence-electron chi connectivity index (χ2n) is 5.67. The van der Waals surface area contributed by atoms with Crippen molar-refractivity contribution in [1.29, 1.82) is 0 Å². The predicted octanol–water partition coefficient (Wildman–Crippen LogP) is 2.22. The summed E-state index contributed by atoms with van der Waals surface area (Å²) in [7, 11) is 0. The fraction of sp³-hybridized carbons (Fsp3) is 0.562. The second-order valence-corrected chi connectivity index (χ2v) is 5.67. The molecular formula is C16H25N3O2. The van der Waals surface area contributed by atoms with Gasteiger partial charge in [0.15, 0.2) is 5.84 Å². The highest BCUT2D eigenvalue weighted by Crippen LogP contribution is 2.32. The third-order valence-electron chi connectivity index (χ3n) is 4.27. The van der Waals surface area contributed by atoms with E-state index in [1.807, 2.05) is 25.1 Å². The number of hydrogen-bond acceptors (Lipinski definition) is 4. The van der Waals surface area contributed by atoms with Crippen LogP contribution >= 0.6 is 0 Å². The summed E-state index contributed by atoms with van der Waals surface area (Å²) in [6, 6.07) is 6.21. The first-order valence-electron chi connectivity index (χ1n) is 7.64. The summed E-state index contributed by atoms with van der Waals surface area (Å²) in [6.07, 6.45) is 5.98. The number of nitrogens with two attached hydrogens (primary N) is 1. The molecule has 1 aliphatic carbocycles. The minimum atomic E-state index is 0.0977. The van der Waals surface area contributed by atoms with E-state index in [0.29, 0.717) is 12.6 Å². The lowest BCUT2D eigenvalue weighted by molar-refractivity contribution is 0.290. The van der Waals surface area contributed by atoms with E-state index in [1.165, 1.54) is 19.3 Å². The lowest BCUT2D eigenvalue weighted by Crippen LogP contribution is -2.40. The summed E-state index contributed by atoms with van der Waals surface area (Å²) in [5.41, 5.74) is 8.63. The zero-order valence-electron chi connectivity index (χ0n) is 12.6. The average molecular weight is 291 g/mol. The van der Waals surface area contributed by atoms with E-state index in [4.69, 9.17) is 10.9 Å². The fourth-order valence-corrected chi connectivity index (χ4v) is 3.28. The van der Waals surface area contributed by atoms with Crippen molar-refractivity contribution in [3.05, 3.63) is 29.3 Å². The molecule has 5 nitrogen and oxygen atoms in total. The first kappa shape index (κ1) is 15.6. The molecule has 0 radical (unpaired) electrons. The number of amidine groups is 1. The highest BCUT2D eigenvalue weighted by Gasteiger charge is 2.25. The quantitative estimate of drug-likeness (QED) is 0.336. The summed E-state index contributed by atoms with van der Waals surface area (Å²) in [5, 5.41) is 21.6. The first-order chi connectivity index (χ1) is 10.2. The van der Waals surface area contributed by atoms with Crippen LogP contribution < -0.4 is 10.6 Å². The first-order valence-corrected chi connectivity index (χ1v) is 7.64. The standard InChI is InChI=1S/C16H25N3O2/c1-12-6-5-9-14(16(17)18-21)15(12)19(10-11-20)13-7-3-2-4-8-13/h5-6,9,13,20-21H,2-4,7-8,10-11H2,1H3,(H2,17,18). The Morgan fingerprint density at radius 3 is 2.67 bits per heavy atom. The Hall–Kier alpha value is -1.75. The van der Waals surface area contributed by atoms with Crippen molar-refractivity contribution < 1.29 is 10.3 Å². The van der Waals surface area contributed by atoms with Crippen LogP contribution in [-0.2, 0) is 0 Å². The van der Waals surface area contributed by atoms with Gasteiger partial charge in [0.05, 0.1) is 12.3 Å². The average Bonchev–Trinajstić information content (AvgIpc) is 2.53. The molecule has 0 atom stereocenters. The number of oxime groups is 1. The van der Waals surface area contributed by atoms with Crippen molar-refractivity contribution in [3.63, 3.8) is 0 Å². The summed E-state index contributed by atoms with van der Waals surface area (Å²) < 4.78 is 0. The van der Waals surface area contributed by atoms with Gasteiger partial charge in [-0.15, -0.1) is 0 Å². The van der Waals surface area contributed by atoms with Crippen LogP contribution in [0.2, 0.25) is 0 Å². The van der Waals surface area contributed by atoms with Crippen LogP contribution in [-0.4, -0.2) is 35.3 Å². The molecule has 1 saturated carbocycles. The van der Waals surface area contributed by atoms with Gasteiger partial charge in [0.25, 0.3) is 0 Å². The van der Waals surface area contributed by atoms with E-state index in [2.05, 4.69) is 10.1 Å². The molecule has 1 fully saturated rings. The molecular weight excluding hydrogens is 266 g/mol. The molecule has 5 heteroatoms. The molecule has 0 spiro atoms. The number of aliphatic hydroxyl groups is 1. The fourth-order valence-electron chi connectivity index (χ4n) is 3.28. The van der Waals surface area contributed by atoms with Gasteiger partial charge in [-0.2, -0.15) is 0 Å². The van der Waals surface area contributed by atoms with Gasteiger partial charge in [-0.1, -0.05) is 36.6 Å². The highest BCUT2D eigenvalue weighted by atomic mass is 16.4. The summed E-state index contributed by atoms with van der Waals surface area (Å²) in [5.74, 6) is 0.118. The second kappa shape index (κ2) is 7.31. The maximum absolute atomic E-state index is 9.45. The van der Waals surface area contributed by atoms with E-state index in [0.717, 1.165) is 29.7 Å². The number of anilines is 1. The SMILES string of the molecule is Cc1cccc(/C(N)=N/O)c1N(CCO)C1CCCCC1. The van der Waals surface area contributed by atoms with Gasteiger partial charge in [-0.3, -0.25) is 0 Å². The number of nitrogens with zero attached hydrogens (tertiary/aromatic N) is 2. The summed E-state index contributed by atoms with van der Waals surface area (Å²) in [6.45, 7) is 2.69. The lowest BCUT2D eigenvalue weighted by Gasteiger charge is -2.37. The van der Waals surface area contributed by atoms with Crippen molar-refractivity contribution in [3.8, 4) is 0 Å². The molecule has 4 N–H and O–H groups in total. The maximum Gasteiger partial charge on any atom is 0.172 e. The molecule has 1 aromatic rings. The van der Waals surface area contributed by atoms with Crippen molar-refractivity contribution in [2.24, 2.45) is 10.9 Å². The van der Waals surface area contributed by atoms with Crippen LogP contribution in [0.25, 0.3) is 0 Å². The van der Waals surface area contributed by atoms with Crippen molar-refractivity contribution in [2.75, 3.05) is 18.1 Å². The Morgan fingerprint density at radius 1 is 1.33 bits per heavy atom. The molecule has 1 aromatic carbocycles. The predicted molar refractivity (Wildman–Crippen MR) is 85.0 cm³/mol. The molecule has 0 amide bonds. The van der Waals surface area contributed by atoms with Crippen LogP contribution in [0, 0.1) is 6.92 Å². The molecule has 0 bridgehead atoms. The van der Waals surface area contributed by atoms with E-state index >= 15 is 0 Å². The van der Waals surface area contributed by atoms with Crippen LogP contribution in [0.5, 0.6) is 0 Å². The van der Waals surface area contributed by atoms with E-state index in [9.17, 15) is 5.11 Å². The van der Waals surface area contributed by atoms with Crippen LogP contribution in [0.1, 0.15) is 43.2 Å². The monoisotopic (exact) mass is 291 g/mol. The number of hydrogen-bond donors (Lipinski definition) is 3. The van der Waals surface area contributed by atoms with Crippen molar-refractivity contribution in [1.82, 2.24) is 0 Å². The normalized spacial score (nSPS) is 17.0. The Kier molecular flexibility index (Phi) is 5.44. The number of rotatable bonds is 5. The van der Waals surface area contributed by atoms with E-state index < -0.39 is 0 Å². The Morgan fingerprint density at radius 2 is 2.05 bits per heavy atom. The van der Waals surface area contributed by atoms with Gasteiger partial charge < -0.3 is 20.9 Å². The number of para-hydroxylation sites is 1. The highest BCUT2D eigenvalue weighted by molar-refractivity contribution is 6.02. The summed E-state index contributed by atoms with van der Waals surface area (Å²) in [4.78, 5) is 2.24. The maximum atomic E-state index is 9.45. The molecule has 0 unspecified atom stereocenters. The zero-order valence-corrected chi connectivity index (χ0v) is 12.6. The minimum absolute atomic E-state index is 0.0977. The topological polar surface area (TPSA) is 82.1 Å². The van der Waals surface area contributed by atoms with Crippen molar-refractivity contribution >= 4 is 11.5 Å². The van der Waals surface area contributed by atoms with E-state index in [-0.39, 0.29) is 12.4 Å².